The number of carbonyl (C=O) groups excluding carboxylic acids is 2. The first-order chi connectivity index (χ1) is 18.6. The van der Waals surface area contributed by atoms with E-state index in [1.807, 2.05) is 74.5 Å². The van der Waals surface area contributed by atoms with Gasteiger partial charge in [-0.2, -0.15) is 0 Å². The van der Waals surface area contributed by atoms with Crippen molar-refractivity contribution in [2.24, 2.45) is 5.41 Å². The van der Waals surface area contributed by atoms with Crippen molar-refractivity contribution in [3.05, 3.63) is 96.1 Å². The van der Waals surface area contributed by atoms with Crippen LogP contribution in [-0.4, -0.2) is 32.9 Å². The Hall–Kier alpha value is -3.53. The average Bonchev–Trinajstić information content (AvgIpc) is 2.90. The molecule has 2 N–H and O–H groups in total. The van der Waals surface area contributed by atoms with Gasteiger partial charge < -0.3 is 14.8 Å². The van der Waals surface area contributed by atoms with Gasteiger partial charge in [0.2, 0.25) is 5.91 Å². The van der Waals surface area contributed by atoms with Crippen molar-refractivity contribution in [2.45, 2.75) is 57.8 Å². The average molecular weight is 553 g/mol. The number of amides is 2. The highest BCUT2D eigenvalue weighted by Gasteiger charge is 2.37. The first kappa shape index (κ1) is 30.0. The second-order valence-electron chi connectivity index (χ2n) is 9.91. The van der Waals surface area contributed by atoms with E-state index in [9.17, 15) is 18.0 Å². The first-order valence-corrected chi connectivity index (χ1v) is 14.3. The molecule has 0 spiro atoms. The molecule has 208 valence electrons. The molecule has 39 heavy (non-hydrogen) atoms. The van der Waals surface area contributed by atoms with Crippen LogP contribution in [0.25, 0.3) is 0 Å². The standard InChI is InChI=1S/C30H36N2O6S/c1-4-13-27(33)32-39(35,36)26-19-12-11-18-25(26)31-29(34)28(38-21-24-16-9-6-10-17-24)30(2,3)22-37-20-23-14-7-5-8-15-23/h5-12,14-19,28H,4,13,20-22H2,1-3H3,(H,31,34)(H,32,33). The summed E-state index contributed by atoms with van der Waals surface area (Å²) in [5, 5.41) is 2.72. The molecule has 0 bridgehead atoms. The minimum atomic E-state index is -4.20. The van der Waals surface area contributed by atoms with E-state index in [0.717, 1.165) is 11.1 Å². The highest BCUT2D eigenvalue weighted by Crippen LogP contribution is 2.28. The lowest BCUT2D eigenvalue weighted by Crippen LogP contribution is -2.45. The Bertz CT molecular complexity index is 1330. The fourth-order valence-electron chi connectivity index (χ4n) is 3.98. The van der Waals surface area contributed by atoms with Gasteiger partial charge in [-0.25, -0.2) is 13.1 Å². The van der Waals surface area contributed by atoms with Crippen molar-refractivity contribution in [1.82, 2.24) is 4.72 Å². The van der Waals surface area contributed by atoms with Crippen LogP contribution in [0.15, 0.2) is 89.8 Å². The third kappa shape index (κ3) is 9.02. The number of benzene rings is 3. The van der Waals surface area contributed by atoms with Crippen molar-refractivity contribution < 1.29 is 27.5 Å². The molecule has 3 aromatic rings. The second kappa shape index (κ2) is 14.0. The third-order valence-corrected chi connectivity index (χ3v) is 7.38. The number of ether oxygens (including phenoxy) is 2. The van der Waals surface area contributed by atoms with Crippen molar-refractivity contribution in [2.75, 3.05) is 11.9 Å². The second-order valence-corrected chi connectivity index (χ2v) is 11.6. The molecular formula is C30H36N2O6S. The number of hydrogen-bond donors (Lipinski definition) is 2. The lowest BCUT2D eigenvalue weighted by Gasteiger charge is -2.33. The smallest absolute Gasteiger partial charge is 0.266 e. The normalized spacial score (nSPS) is 12.5. The molecule has 8 nitrogen and oxygen atoms in total. The first-order valence-electron chi connectivity index (χ1n) is 12.8. The number of hydrogen-bond acceptors (Lipinski definition) is 6. The van der Waals surface area contributed by atoms with Gasteiger partial charge in [0.25, 0.3) is 15.9 Å². The largest absolute Gasteiger partial charge is 0.376 e. The SMILES string of the molecule is CCCC(=O)NS(=O)(=O)c1ccccc1NC(=O)C(OCc1ccccc1)C(C)(C)COCc1ccccc1. The van der Waals surface area contributed by atoms with Crippen LogP contribution in [0.5, 0.6) is 0 Å². The van der Waals surface area contributed by atoms with E-state index in [0.29, 0.717) is 13.0 Å². The van der Waals surface area contributed by atoms with Gasteiger partial charge in [0.15, 0.2) is 0 Å². The molecule has 0 aromatic heterocycles. The van der Waals surface area contributed by atoms with Crippen LogP contribution in [0.3, 0.4) is 0 Å². The van der Waals surface area contributed by atoms with Crippen LogP contribution in [0, 0.1) is 5.41 Å². The zero-order chi connectivity index (χ0) is 28.3. The summed E-state index contributed by atoms with van der Waals surface area (Å²) in [4.78, 5) is 25.5. The van der Waals surface area contributed by atoms with Crippen molar-refractivity contribution in [1.29, 1.82) is 0 Å². The van der Waals surface area contributed by atoms with Crippen molar-refractivity contribution >= 4 is 27.5 Å². The van der Waals surface area contributed by atoms with Crippen LogP contribution in [0.1, 0.15) is 44.7 Å². The van der Waals surface area contributed by atoms with Crippen LogP contribution in [0.2, 0.25) is 0 Å². The molecule has 1 unspecified atom stereocenters. The van der Waals surface area contributed by atoms with Gasteiger partial charge in [0.05, 0.1) is 25.5 Å². The van der Waals surface area contributed by atoms with E-state index < -0.39 is 33.4 Å². The van der Waals surface area contributed by atoms with Crippen LogP contribution < -0.4 is 10.0 Å². The van der Waals surface area contributed by atoms with Crippen LogP contribution in [-0.2, 0) is 42.3 Å². The highest BCUT2D eigenvalue weighted by molar-refractivity contribution is 7.90. The van der Waals surface area contributed by atoms with Crippen molar-refractivity contribution in [3.63, 3.8) is 0 Å². The fraction of sp³-hybridized carbons (Fsp3) is 0.333. The van der Waals surface area contributed by atoms with Gasteiger partial charge in [-0.3, -0.25) is 9.59 Å². The van der Waals surface area contributed by atoms with E-state index in [1.165, 1.54) is 18.2 Å². The van der Waals surface area contributed by atoms with E-state index in [2.05, 4.69) is 10.0 Å². The predicted molar refractivity (Wildman–Crippen MR) is 150 cm³/mol. The molecule has 0 aliphatic carbocycles. The topological polar surface area (TPSA) is 111 Å². The summed E-state index contributed by atoms with van der Waals surface area (Å²) in [6.45, 7) is 6.26. The molecular weight excluding hydrogens is 516 g/mol. The minimum absolute atomic E-state index is 0.0496. The number of nitrogens with one attached hydrogen (secondary N) is 2. The summed E-state index contributed by atoms with van der Waals surface area (Å²) >= 11 is 0. The Morgan fingerprint density at radius 2 is 1.41 bits per heavy atom. The maximum Gasteiger partial charge on any atom is 0.266 e. The maximum absolute atomic E-state index is 13.6. The molecule has 0 fully saturated rings. The van der Waals surface area contributed by atoms with E-state index >= 15 is 0 Å². The van der Waals surface area contributed by atoms with E-state index in [4.69, 9.17) is 9.47 Å². The van der Waals surface area contributed by atoms with E-state index in [-0.39, 0.29) is 30.2 Å². The number of para-hydroxylation sites is 1. The molecule has 0 heterocycles. The van der Waals surface area contributed by atoms with Gasteiger partial charge in [-0.05, 0) is 29.7 Å². The lowest BCUT2D eigenvalue weighted by atomic mass is 9.86. The summed E-state index contributed by atoms with van der Waals surface area (Å²) in [7, 11) is -4.20. The minimum Gasteiger partial charge on any atom is -0.376 e. The quantitative estimate of drug-likeness (QED) is 0.289. The number of anilines is 1. The zero-order valence-electron chi connectivity index (χ0n) is 22.6. The summed E-state index contributed by atoms with van der Waals surface area (Å²) in [5.41, 5.74) is 1.16. The van der Waals surface area contributed by atoms with Gasteiger partial charge >= 0.3 is 0 Å². The van der Waals surface area contributed by atoms with Crippen LogP contribution >= 0.6 is 0 Å². The Balaban J connectivity index is 1.81. The molecule has 0 saturated heterocycles. The summed E-state index contributed by atoms with van der Waals surface area (Å²) in [6.07, 6.45) is -0.416. The van der Waals surface area contributed by atoms with Gasteiger partial charge in [-0.15, -0.1) is 0 Å². The monoisotopic (exact) mass is 552 g/mol. The lowest BCUT2D eigenvalue weighted by molar-refractivity contribution is -0.141. The molecule has 1 atom stereocenters. The Kier molecular flexibility index (Phi) is 10.8. The Labute approximate surface area is 230 Å². The zero-order valence-corrected chi connectivity index (χ0v) is 23.4. The molecule has 2 amide bonds. The molecule has 9 heteroatoms. The van der Waals surface area contributed by atoms with Gasteiger partial charge in [0, 0.05) is 11.8 Å². The van der Waals surface area contributed by atoms with Gasteiger partial charge in [0.1, 0.15) is 11.0 Å². The number of sulfonamides is 1. The Morgan fingerprint density at radius 3 is 2.03 bits per heavy atom. The molecule has 0 aliphatic rings. The fourth-order valence-corrected chi connectivity index (χ4v) is 5.16. The number of rotatable bonds is 14. The summed E-state index contributed by atoms with van der Waals surface area (Å²) in [5.74, 6) is -1.14. The molecule has 3 rings (SSSR count). The highest BCUT2D eigenvalue weighted by atomic mass is 32.2. The number of carbonyl (C=O) groups is 2. The third-order valence-electron chi connectivity index (χ3n) is 5.95. The molecule has 3 aromatic carbocycles. The maximum atomic E-state index is 13.6. The molecule has 0 saturated carbocycles. The van der Waals surface area contributed by atoms with Gasteiger partial charge in [-0.1, -0.05) is 93.6 Å². The van der Waals surface area contributed by atoms with Crippen molar-refractivity contribution in [3.8, 4) is 0 Å². The molecule has 0 radical (unpaired) electrons. The summed E-state index contributed by atoms with van der Waals surface area (Å²) < 4.78 is 40.0. The van der Waals surface area contributed by atoms with Crippen LogP contribution in [0.4, 0.5) is 5.69 Å². The summed E-state index contributed by atoms with van der Waals surface area (Å²) in [6, 6.07) is 25.1. The Morgan fingerprint density at radius 1 is 0.846 bits per heavy atom. The van der Waals surface area contributed by atoms with E-state index in [1.54, 1.807) is 13.0 Å². The molecule has 0 aliphatic heterocycles. The predicted octanol–water partition coefficient (Wildman–Crippen LogP) is 5.06.